The molecule has 2 aromatic heterocycles. The summed E-state index contributed by atoms with van der Waals surface area (Å²) in [7, 11) is 1.66. The summed E-state index contributed by atoms with van der Waals surface area (Å²) in [5, 5.41) is 6.51. The molecule has 1 aromatic carbocycles. The molecule has 0 spiro atoms. The highest BCUT2D eigenvalue weighted by molar-refractivity contribution is 7.17. The number of rotatable bonds is 3. The fraction of sp³-hybridized carbons (Fsp3) is 0.143. The van der Waals surface area contributed by atoms with E-state index in [1.165, 1.54) is 5.56 Å². The van der Waals surface area contributed by atoms with Crippen LogP contribution in [0.25, 0.3) is 10.2 Å². The highest BCUT2D eigenvalue weighted by Crippen LogP contribution is 2.30. The molecule has 0 bridgehead atoms. The van der Waals surface area contributed by atoms with Gasteiger partial charge in [-0.25, -0.2) is 9.97 Å². The van der Waals surface area contributed by atoms with Crippen LogP contribution in [0.5, 0.6) is 5.75 Å². The number of aryl methyl sites for hydroxylation is 1. The fourth-order valence-corrected chi connectivity index (χ4v) is 2.81. The van der Waals surface area contributed by atoms with Gasteiger partial charge in [0.1, 0.15) is 22.7 Å². The molecule has 0 amide bonds. The van der Waals surface area contributed by atoms with Crippen molar-refractivity contribution in [3.05, 3.63) is 41.5 Å². The van der Waals surface area contributed by atoms with E-state index in [2.05, 4.69) is 27.6 Å². The Morgan fingerprint density at radius 1 is 1.16 bits per heavy atom. The topological polar surface area (TPSA) is 47.0 Å². The first-order valence-corrected chi connectivity index (χ1v) is 6.76. The van der Waals surface area contributed by atoms with Gasteiger partial charge in [-0.1, -0.05) is 0 Å². The molecule has 0 fully saturated rings. The lowest BCUT2D eigenvalue weighted by molar-refractivity contribution is 0.415. The van der Waals surface area contributed by atoms with Gasteiger partial charge in [-0.3, -0.25) is 0 Å². The number of aromatic nitrogens is 2. The molecule has 0 unspecified atom stereocenters. The summed E-state index contributed by atoms with van der Waals surface area (Å²) >= 11 is 1.63. The molecular weight excluding hydrogens is 258 g/mol. The maximum absolute atomic E-state index is 5.14. The Balaban J connectivity index is 1.98. The Bertz CT molecular complexity index is 706. The first kappa shape index (κ1) is 11.9. The molecule has 19 heavy (non-hydrogen) atoms. The Hall–Kier alpha value is -2.14. The number of hydrogen-bond acceptors (Lipinski definition) is 5. The predicted octanol–water partition coefficient (Wildman–Crippen LogP) is 3.75. The lowest BCUT2D eigenvalue weighted by atomic mass is 10.2. The van der Waals surface area contributed by atoms with Gasteiger partial charge in [-0.05, 0) is 42.1 Å². The summed E-state index contributed by atoms with van der Waals surface area (Å²) in [5.41, 5.74) is 2.17. The molecular formula is C14H13N3OS. The zero-order chi connectivity index (χ0) is 13.2. The number of anilines is 2. The summed E-state index contributed by atoms with van der Waals surface area (Å²) in [5.74, 6) is 1.68. The number of fused-ring (bicyclic) bond motifs is 1. The minimum atomic E-state index is 0.838. The van der Waals surface area contributed by atoms with Crippen molar-refractivity contribution in [1.29, 1.82) is 0 Å². The summed E-state index contributed by atoms with van der Waals surface area (Å²) in [6.45, 7) is 2.07. The van der Waals surface area contributed by atoms with E-state index in [0.717, 1.165) is 27.5 Å². The van der Waals surface area contributed by atoms with Crippen molar-refractivity contribution in [2.45, 2.75) is 6.92 Å². The number of nitrogens with zero attached hydrogens (tertiary/aromatic N) is 2. The molecule has 96 valence electrons. The molecule has 3 rings (SSSR count). The average Bonchev–Trinajstić information content (AvgIpc) is 2.83. The highest BCUT2D eigenvalue weighted by Gasteiger charge is 2.08. The Labute approximate surface area is 115 Å². The summed E-state index contributed by atoms with van der Waals surface area (Å²) in [6, 6.07) is 7.77. The van der Waals surface area contributed by atoms with Gasteiger partial charge < -0.3 is 10.1 Å². The second-order valence-corrected chi connectivity index (χ2v) is 5.03. The average molecular weight is 271 g/mol. The zero-order valence-electron chi connectivity index (χ0n) is 10.7. The second kappa shape index (κ2) is 4.85. The molecule has 3 aromatic rings. The smallest absolute Gasteiger partial charge is 0.142 e. The van der Waals surface area contributed by atoms with Crippen LogP contribution < -0.4 is 10.1 Å². The summed E-state index contributed by atoms with van der Waals surface area (Å²) in [4.78, 5) is 9.61. The molecule has 1 N–H and O–H groups in total. The maximum Gasteiger partial charge on any atom is 0.142 e. The minimum Gasteiger partial charge on any atom is -0.497 e. The van der Waals surface area contributed by atoms with E-state index in [9.17, 15) is 0 Å². The van der Waals surface area contributed by atoms with Gasteiger partial charge in [0.2, 0.25) is 0 Å². The number of methoxy groups -OCH3 is 1. The lowest BCUT2D eigenvalue weighted by Crippen LogP contribution is -1.95. The van der Waals surface area contributed by atoms with Crippen molar-refractivity contribution in [2.24, 2.45) is 0 Å². The molecule has 0 aliphatic heterocycles. The van der Waals surface area contributed by atoms with E-state index in [4.69, 9.17) is 4.74 Å². The van der Waals surface area contributed by atoms with Gasteiger partial charge in [0.15, 0.2) is 0 Å². The van der Waals surface area contributed by atoms with Crippen molar-refractivity contribution in [2.75, 3.05) is 12.4 Å². The molecule has 0 atom stereocenters. The highest BCUT2D eigenvalue weighted by atomic mass is 32.1. The normalized spacial score (nSPS) is 10.6. The Kier molecular flexibility index (Phi) is 3.05. The van der Waals surface area contributed by atoms with Gasteiger partial charge in [-0.15, -0.1) is 11.3 Å². The third kappa shape index (κ3) is 2.24. The molecule has 2 heterocycles. The van der Waals surface area contributed by atoms with Crippen LogP contribution in [-0.2, 0) is 0 Å². The van der Waals surface area contributed by atoms with Crippen molar-refractivity contribution < 1.29 is 4.74 Å². The molecule has 0 saturated heterocycles. The van der Waals surface area contributed by atoms with Crippen LogP contribution in [0.2, 0.25) is 0 Å². The van der Waals surface area contributed by atoms with Crippen LogP contribution in [0.15, 0.2) is 36.0 Å². The standard InChI is InChI=1S/C14H13N3OS/c1-9-7-19-14-12(9)13(15-8-16-14)17-10-3-5-11(18-2)6-4-10/h3-8H,1-2H3,(H,15,16,17). The number of benzene rings is 1. The van der Waals surface area contributed by atoms with E-state index in [-0.39, 0.29) is 0 Å². The summed E-state index contributed by atoms with van der Waals surface area (Å²) in [6.07, 6.45) is 1.59. The first-order chi connectivity index (χ1) is 9.28. The SMILES string of the molecule is COc1ccc(Nc2ncnc3scc(C)c23)cc1. The van der Waals surface area contributed by atoms with Crippen LogP contribution in [0.3, 0.4) is 0 Å². The van der Waals surface area contributed by atoms with Crippen LogP contribution >= 0.6 is 11.3 Å². The predicted molar refractivity (Wildman–Crippen MR) is 78.4 cm³/mol. The maximum atomic E-state index is 5.14. The molecule has 0 aliphatic carbocycles. The van der Waals surface area contributed by atoms with E-state index in [1.807, 2.05) is 24.3 Å². The van der Waals surface area contributed by atoms with Crippen LogP contribution in [0.1, 0.15) is 5.56 Å². The molecule has 0 saturated carbocycles. The number of ether oxygens (including phenoxy) is 1. The van der Waals surface area contributed by atoms with Gasteiger partial charge in [-0.2, -0.15) is 0 Å². The van der Waals surface area contributed by atoms with Crippen LogP contribution in [0.4, 0.5) is 11.5 Å². The monoisotopic (exact) mass is 271 g/mol. The van der Waals surface area contributed by atoms with Crippen molar-refractivity contribution in [3.8, 4) is 5.75 Å². The first-order valence-electron chi connectivity index (χ1n) is 5.88. The Morgan fingerprint density at radius 2 is 1.95 bits per heavy atom. The van der Waals surface area contributed by atoms with Crippen molar-refractivity contribution in [1.82, 2.24) is 9.97 Å². The third-order valence-electron chi connectivity index (χ3n) is 2.91. The summed E-state index contributed by atoms with van der Waals surface area (Å²) < 4.78 is 5.14. The van der Waals surface area contributed by atoms with Gasteiger partial charge >= 0.3 is 0 Å². The van der Waals surface area contributed by atoms with Gasteiger partial charge in [0.25, 0.3) is 0 Å². The quantitative estimate of drug-likeness (QED) is 0.788. The van der Waals surface area contributed by atoms with E-state index < -0.39 is 0 Å². The van der Waals surface area contributed by atoms with Gasteiger partial charge in [0, 0.05) is 5.69 Å². The second-order valence-electron chi connectivity index (χ2n) is 4.17. The molecule has 0 aliphatic rings. The Morgan fingerprint density at radius 3 is 2.68 bits per heavy atom. The minimum absolute atomic E-state index is 0.838. The van der Waals surface area contributed by atoms with Crippen molar-refractivity contribution >= 4 is 33.1 Å². The van der Waals surface area contributed by atoms with Crippen LogP contribution in [-0.4, -0.2) is 17.1 Å². The molecule has 4 nitrogen and oxygen atoms in total. The number of hydrogen-bond donors (Lipinski definition) is 1. The van der Waals surface area contributed by atoms with Crippen molar-refractivity contribution in [3.63, 3.8) is 0 Å². The fourth-order valence-electron chi connectivity index (χ4n) is 1.92. The largest absolute Gasteiger partial charge is 0.497 e. The number of nitrogens with one attached hydrogen (secondary N) is 1. The number of thiophene rings is 1. The third-order valence-corrected chi connectivity index (χ3v) is 3.91. The molecule has 0 radical (unpaired) electrons. The van der Waals surface area contributed by atoms with E-state index >= 15 is 0 Å². The van der Waals surface area contributed by atoms with Crippen LogP contribution in [0, 0.1) is 6.92 Å². The van der Waals surface area contributed by atoms with Gasteiger partial charge in [0.05, 0.1) is 12.5 Å². The zero-order valence-corrected chi connectivity index (χ0v) is 11.5. The van der Waals surface area contributed by atoms with E-state index in [1.54, 1.807) is 24.8 Å². The van der Waals surface area contributed by atoms with E-state index in [0.29, 0.717) is 0 Å². The lowest BCUT2D eigenvalue weighted by Gasteiger charge is -2.08. The molecule has 5 heteroatoms.